The Morgan fingerprint density at radius 1 is 1.31 bits per heavy atom. The standard InChI is InChI=1S/C12H12ClNO2/c1-8(9-5-3-2-4-6-9)14-11(15)7-10(13)12(14)16/h2-6,8,10H,7H2,1H3. The zero-order valence-electron chi connectivity index (χ0n) is 8.89. The Bertz CT molecular complexity index is 418. The Morgan fingerprint density at radius 3 is 2.44 bits per heavy atom. The first-order valence-corrected chi connectivity index (χ1v) is 5.60. The average Bonchev–Trinajstić information content (AvgIpc) is 2.54. The minimum absolute atomic E-state index is 0.109. The van der Waals surface area contributed by atoms with Gasteiger partial charge in [-0.2, -0.15) is 0 Å². The Morgan fingerprint density at radius 2 is 1.94 bits per heavy atom. The minimum atomic E-state index is -0.696. The van der Waals surface area contributed by atoms with E-state index in [1.54, 1.807) is 0 Å². The Balaban J connectivity index is 2.26. The summed E-state index contributed by atoms with van der Waals surface area (Å²) in [4.78, 5) is 24.6. The quantitative estimate of drug-likeness (QED) is 0.584. The molecular formula is C12H12ClNO2. The van der Waals surface area contributed by atoms with E-state index in [-0.39, 0.29) is 24.3 Å². The van der Waals surface area contributed by atoms with Crippen LogP contribution in [-0.2, 0) is 9.59 Å². The first-order chi connectivity index (χ1) is 7.61. The van der Waals surface area contributed by atoms with Crippen molar-refractivity contribution in [3.8, 4) is 0 Å². The Labute approximate surface area is 99.0 Å². The third-order valence-corrected chi connectivity index (χ3v) is 3.14. The predicted molar refractivity (Wildman–Crippen MR) is 61.0 cm³/mol. The van der Waals surface area contributed by atoms with E-state index in [0.717, 1.165) is 5.56 Å². The number of carbonyl (C=O) groups is 2. The fourth-order valence-corrected chi connectivity index (χ4v) is 2.14. The average molecular weight is 238 g/mol. The van der Waals surface area contributed by atoms with Crippen LogP contribution in [-0.4, -0.2) is 22.1 Å². The van der Waals surface area contributed by atoms with Crippen LogP contribution >= 0.6 is 11.6 Å². The molecule has 16 heavy (non-hydrogen) atoms. The van der Waals surface area contributed by atoms with Crippen molar-refractivity contribution in [2.45, 2.75) is 24.8 Å². The molecule has 1 aliphatic rings. The van der Waals surface area contributed by atoms with E-state index in [4.69, 9.17) is 11.6 Å². The van der Waals surface area contributed by atoms with E-state index in [9.17, 15) is 9.59 Å². The summed E-state index contributed by atoms with van der Waals surface area (Å²) < 4.78 is 0. The van der Waals surface area contributed by atoms with E-state index in [0.29, 0.717) is 0 Å². The molecule has 1 aromatic rings. The van der Waals surface area contributed by atoms with E-state index in [2.05, 4.69) is 0 Å². The van der Waals surface area contributed by atoms with Crippen LogP contribution in [0.15, 0.2) is 30.3 Å². The highest BCUT2D eigenvalue weighted by Gasteiger charge is 2.40. The van der Waals surface area contributed by atoms with Crippen LogP contribution in [0.4, 0.5) is 0 Å². The largest absolute Gasteiger partial charge is 0.274 e. The summed E-state index contributed by atoms with van der Waals surface area (Å²) in [6, 6.07) is 9.21. The molecule has 1 fully saturated rings. The highest BCUT2D eigenvalue weighted by Crippen LogP contribution is 2.28. The number of halogens is 1. The highest BCUT2D eigenvalue weighted by atomic mass is 35.5. The van der Waals surface area contributed by atoms with Gasteiger partial charge in [0.25, 0.3) is 0 Å². The maximum Gasteiger partial charge on any atom is 0.248 e. The summed E-state index contributed by atoms with van der Waals surface area (Å²) >= 11 is 5.77. The number of carbonyl (C=O) groups excluding carboxylic acids is 2. The molecule has 3 nitrogen and oxygen atoms in total. The lowest BCUT2D eigenvalue weighted by atomic mass is 10.1. The lowest BCUT2D eigenvalue weighted by Crippen LogP contribution is -2.33. The van der Waals surface area contributed by atoms with Crippen molar-refractivity contribution in [3.05, 3.63) is 35.9 Å². The highest BCUT2D eigenvalue weighted by molar-refractivity contribution is 6.35. The summed E-state index contributed by atoms with van der Waals surface area (Å²) in [6.45, 7) is 1.83. The third kappa shape index (κ3) is 1.83. The molecule has 1 aliphatic heterocycles. The van der Waals surface area contributed by atoms with Gasteiger partial charge in [-0.1, -0.05) is 30.3 Å². The van der Waals surface area contributed by atoms with Crippen LogP contribution in [0.2, 0.25) is 0 Å². The number of hydrogen-bond donors (Lipinski definition) is 0. The van der Waals surface area contributed by atoms with Crippen LogP contribution in [0.25, 0.3) is 0 Å². The molecule has 0 bridgehead atoms. The maximum atomic E-state index is 11.7. The topological polar surface area (TPSA) is 37.4 Å². The van der Waals surface area contributed by atoms with Crippen molar-refractivity contribution in [2.75, 3.05) is 0 Å². The van der Waals surface area contributed by atoms with E-state index >= 15 is 0 Å². The van der Waals surface area contributed by atoms with E-state index < -0.39 is 5.38 Å². The van der Waals surface area contributed by atoms with Gasteiger partial charge in [0, 0.05) is 0 Å². The molecule has 0 N–H and O–H groups in total. The van der Waals surface area contributed by atoms with Gasteiger partial charge in [0.05, 0.1) is 12.5 Å². The summed E-state index contributed by atoms with van der Waals surface area (Å²) in [5.41, 5.74) is 0.940. The van der Waals surface area contributed by atoms with Gasteiger partial charge in [0.15, 0.2) is 0 Å². The second-order valence-corrected chi connectivity index (χ2v) is 4.39. The van der Waals surface area contributed by atoms with Gasteiger partial charge in [0.2, 0.25) is 11.8 Å². The van der Waals surface area contributed by atoms with Crippen molar-refractivity contribution in [2.24, 2.45) is 0 Å². The van der Waals surface area contributed by atoms with Crippen molar-refractivity contribution >= 4 is 23.4 Å². The zero-order valence-corrected chi connectivity index (χ0v) is 9.65. The molecule has 0 aromatic heterocycles. The number of nitrogens with zero attached hydrogens (tertiary/aromatic N) is 1. The van der Waals surface area contributed by atoms with Gasteiger partial charge in [-0.25, -0.2) is 0 Å². The molecule has 1 aromatic carbocycles. The van der Waals surface area contributed by atoms with Crippen molar-refractivity contribution < 1.29 is 9.59 Å². The molecule has 84 valence electrons. The van der Waals surface area contributed by atoms with Gasteiger partial charge in [-0.3, -0.25) is 14.5 Å². The second-order valence-electron chi connectivity index (χ2n) is 3.86. The third-order valence-electron chi connectivity index (χ3n) is 2.80. The number of alkyl halides is 1. The van der Waals surface area contributed by atoms with Gasteiger partial charge < -0.3 is 0 Å². The first-order valence-electron chi connectivity index (χ1n) is 5.16. The molecule has 2 rings (SSSR count). The molecular weight excluding hydrogens is 226 g/mol. The minimum Gasteiger partial charge on any atom is -0.274 e. The molecule has 2 amide bonds. The van der Waals surface area contributed by atoms with Gasteiger partial charge in [-0.15, -0.1) is 11.6 Å². The normalized spacial score (nSPS) is 22.6. The number of imide groups is 1. The molecule has 0 aliphatic carbocycles. The molecule has 1 heterocycles. The van der Waals surface area contributed by atoms with Gasteiger partial charge in [-0.05, 0) is 12.5 Å². The Hall–Kier alpha value is -1.35. The lowest BCUT2D eigenvalue weighted by molar-refractivity contribution is -0.140. The summed E-state index contributed by atoms with van der Waals surface area (Å²) in [6.07, 6.45) is 0.109. The van der Waals surface area contributed by atoms with E-state index in [1.807, 2.05) is 37.3 Å². The summed E-state index contributed by atoms with van der Waals surface area (Å²) in [5, 5.41) is -0.696. The van der Waals surface area contributed by atoms with Crippen molar-refractivity contribution in [1.29, 1.82) is 0 Å². The fraction of sp³-hybridized carbons (Fsp3) is 0.333. The summed E-state index contributed by atoms with van der Waals surface area (Å²) in [7, 11) is 0. The van der Waals surface area contributed by atoms with E-state index in [1.165, 1.54) is 4.90 Å². The van der Waals surface area contributed by atoms with Crippen LogP contribution in [0.5, 0.6) is 0 Å². The number of hydrogen-bond acceptors (Lipinski definition) is 2. The SMILES string of the molecule is CC(c1ccccc1)N1C(=O)CC(Cl)C1=O. The molecule has 0 saturated carbocycles. The van der Waals surface area contributed by atoms with Crippen LogP contribution in [0.3, 0.4) is 0 Å². The second kappa shape index (κ2) is 4.26. The molecule has 1 saturated heterocycles. The first kappa shape index (κ1) is 11.1. The van der Waals surface area contributed by atoms with Gasteiger partial charge >= 0.3 is 0 Å². The van der Waals surface area contributed by atoms with Crippen LogP contribution < -0.4 is 0 Å². The van der Waals surface area contributed by atoms with Crippen molar-refractivity contribution in [1.82, 2.24) is 4.90 Å². The summed E-state index contributed by atoms with van der Waals surface area (Å²) in [5.74, 6) is -0.482. The maximum absolute atomic E-state index is 11.7. The van der Waals surface area contributed by atoms with Gasteiger partial charge in [0.1, 0.15) is 5.38 Å². The molecule has 4 heteroatoms. The zero-order chi connectivity index (χ0) is 11.7. The Kier molecular flexibility index (Phi) is 2.97. The molecule has 0 radical (unpaired) electrons. The van der Waals surface area contributed by atoms with Crippen LogP contribution in [0.1, 0.15) is 24.9 Å². The molecule has 2 atom stereocenters. The number of benzene rings is 1. The smallest absolute Gasteiger partial charge is 0.248 e. The molecule has 2 unspecified atom stereocenters. The predicted octanol–water partition coefficient (Wildman–Crippen LogP) is 2.11. The number of rotatable bonds is 2. The van der Waals surface area contributed by atoms with Crippen molar-refractivity contribution in [3.63, 3.8) is 0 Å². The lowest BCUT2D eigenvalue weighted by Gasteiger charge is -2.22. The monoisotopic (exact) mass is 237 g/mol. The number of likely N-dealkylation sites (tertiary alicyclic amines) is 1. The molecule has 0 spiro atoms. The fourth-order valence-electron chi connectivity index (χ4n) is 1.90. The van der Waals surface area contributed by atoms with Crippen LogP contribution in [0, 0.1) is 0 Å². The number of amides is 2.